The summed E-state index contributed by atoms with van der Waals surface area (Å²) in [5.41, 5.74) is 4.99. The van der Waals surface area contributed by atoms with Crippen LogP contribution in [-0.2, 0) is 4.79 Å². The number of nitrogens with zero attached hydrogens (tertiary/aromatic N) is 1. The third kappa shape index (κ3) is 5.40. The zero-order chi connectivity index (χ0) is 19.2. The highest BCUT2D eigenvalue weighted by molar-refractivity contribution is 7.18. The molecule has 1 aromatic heterocycles. The van der Waals surface area contributed by atoms with Gasteiger partial charge in [-0.1, -0.05) is 43.0 Å². The molecule has 0 unspecified atom stereocenters. The van der Waals surface area contributed by atoms with Gasteiger partial charge in [-0.15, -0.1) is 11.3 Å². The van der Waals surface area contributed by atoms with Crippen molar-refractivity contribution >= 4 is 46.2 Å². The summed E-state index contributed by atoms with van der Waals surface area (Å²) in [6.07, 6.45) is 5.35. The Morgan fingerprint density at radius 3 is 2.41 bits per heavy atom. The summed E-state index contributed by atoms with van der Waals surface area (Å²) in [5, 5.41) is 7.06. The van der Waals surface area contributed by atoms with Crippen LogP contribution in [-0.4, -0.2) is 17.5 Å². The highest BCUT2D eigenvalue weighted by Gasteiger charge is 2.20. The maximum Gasteiger partial charge on any atom is 0.265 e. The molecular weight excluding hydrogens is 382 g/mol. The second-order valence-corrected chi connectivity index (χ2v) is 8.36. The molecule has 2 amide bonds. The standard InChI is InChI=1S/C20H22ClN3O2S/c1-13(23-24-19(25)15-5-3-2-4-6-15)14-7-9-16(10-8-14)22-20(26)17-11-12-18(21)27-17/h7-12,15H,2-6H2,1H3,(H,22,26)(H,24,25). The number of amides is 2. The number of thiophene rings is 1. The molecule has 1 heterocycles. The normalized spacial score (nSPS) is 15.4. The summed E-state index contributed by atoms with van der Waals surface area (Å²) < 4.78 is 0.581. The molecular formula is C20H22ClN3O2S. The summed E-state index contributed by atoms with van der Waals surface area (Å²) in [7, 11) is 0. The first-order valence-corrected chi connectivity index (χ1v) is 10.2. The number of carbonyl (C=O) groups excluding carboxylic acids is 2. The van der Waals surface area contributed by atoms with Crippen molar-refractivity contribution in [1.82, 2.24) is 5.43 Å². The van der Waals surface area contributed by atoms with E-state index in [1.807, 2.05) is 31.2 Å². The number of nitrogens with one attached hydrogen (secondary N) is 2. The zero-order valence-corrected chi connectivity index (χ0v) is 16.7. The summed E-state index contributed by atoms with van der Waals surface area (Å²) in [5.74, 6) is -0.101. The van der Waals surface area contributed by atoms with Gasteiger partial charge < -0.3 is 5.32 Å². The van der Waals surface area contributed by atoms with Gasteiger partial charge in [-0.25, -0.2) is 5.43 Å². The average Bonchev–Trinajstić information content (AvgIpc) is 3.13. The number of hydrogen-bond acceptors (Lipinski definition) is 4. The number of carbonyl (C=O) groups is 2. The van der Waals surface area contributed by atoms with Crippen molar-refractivity contribution in [3.8, 4) is 0 Å². The lowest BCUT2D eigenvalue weighted by Gasteiger charge is -2.19. The maximum absolute atomic E-state index is 12.2. The number of rotatable bonds is 5. The molecule has 0 aliphatic heterocycles. The first kappa shape index (κ1) is 19.6. The van der Waals surface area contributed by atoms with Crippen LogP contribution >= 0.6 is 22.9 Å². The Kier molecular flexibility index (Phi) is 6.63. The van der Waals surface area contributed by atoms with Crippen molar-refractivity contribution in [1.29, 1.82) is 0 Å². The molecule has 3 rings (SSSR count). The fourth-order valence-electron chi connectivity index (χ4n) is 3.08. The predicted molar refractivity (Wildman–Crippen MR) is 111 cm³/mol. The molecule has 0 bridgehead atoms. The van der Waals surface area contributed by atoms with Crippen LogP contribution in [0.3, 0.4) is 0 Å². The van der Waals surface area contributed by atoms with Crippen LogP contribution in [0, 0.1) is 5.92 Å². The highest BCUT2D eigenvalue weighted by Crippen LogP contribution is 2.24. The monoisotopic (exact) mass is 403 g/mol. The average molecular weight is 404 g/mol. The molecule has 142 valence electrons. The maximum atomic E-state index is 12.2. The second kappa shape index (κ2) is 9.15. The smallest absolute Gasteiger partial charge is 0.265 e. The number of halogens is 1. The van der Waals surface area contributed by atoms with E-state index in [9.17, 15) is 9.59 Å². The van der Waals surface area contributed by atoms with Crippen LogP contribution in [0.5, 0.6) is 0 Å². The second-order valence-electron chi connectivity index (χ2n) is 6.64. The van der Waals surface area contributed by atoms with Gasteiger partial charge in [0.1, 0.15) is 0 Å². The minimum atomic E-state index is -0.190. The molecule has 2 aromatic rings. The molecule has 0 atom stereocenters. The van der Waals surface area contributed by atoms with E-state index in [1.54, 1.807) is 12.1 Å². The molecule has 1 aliphatic carbocycles. The fraction of sp³-hybridized carbons (Fsp3) is 0.350. The molecule has 7 heteroatoms. The predicted octanol–water partition coefficient (Wildman–Crippen LogP) is 5.07. The van der Waals surface area contributed by atoms with Crippen molar-refractivity contribution in [3.05, 3.63) is 51.2 Å². The largest absolute Gasteiger partial charge is 0.321 e. The van der Waals surface area contributed by atoms with Gasteiger partial charge in [0, 0.05) is 11.6 Å². The van der Waals surface area contributed by atoms with E-state index >= 15 is 0 Å². The number of benzene rings is 1. The van der Waals surface area contributed by atoms with Gasteiger partial charge in [-0.05, 0) is 49.6 Å². The molecule has 0 saturated heterocycles. The van der Waals surface area contributed by atoms with Crippen molar-refractivity contribution in [2.75, 3.05) is 5.32 Å². The molecule has 5 nitrogen and oxygen atoms in total. The molecule has 1 aromatic carbocycles. The van der Waals surface area contributed by atoms with E-state index in [0.717, 1.165) is 37.0 Å². The Morgan fingerprint density at radius 2 is 1.78 bits per heavy atom. The lowest BCUT2D eigenvalue weighted by Crippen LogP contribution is -2.29. The summed E-state index contributed by atoms with van der Waals surface area (Å²) in [6.45, 7) is 1.85. The molecule has 27 heavy (non-hydrogen) atoms. The van der Waals surface area contributed by atoms with Crippen LogP contribution in [0.1, 0.15) is 54.3 Å². The Balaban J connectivity index is 1.57. The van der Waals surface area contributed by atoms with Crippen LogP contribution in [0.2, 0.25) is 4.34 Å². The van der Waals surface area contributed by atoms with E-state index in [2.05, 4.69) is 15.8 Å². The van der Waals surface area contributed by atoms with Crippen LogP contribution in [0.4, 0.5) is 5.69 Å². The van der Waals surface area contributed by atoms with Crippen molar-refractivity contribution < 1.29 is 9.59 Å². The van der Waals surface area contributed by atoms with Crippen molar-refractivity contribution in [2.45, 2.75) is 39.0 Å². The van der Waals surface area contributed by atoms with E-state index in [1.165, 1.54) is 17.8 Å². The lowest BCUT2D eigenvalue weighted by atomic mass is 9.89. The van der Waals surface area contributed by atoms with E-state index in [4.69, 9.17) is 11.6 Å². The Bertz CT molecular complexity index is 839. The highest BCUT2D eigenvalue weighted by atomic mass is 35.5. The summed E-state index contributed by atoms with van der Waals surface area (Å²) in [6, 6.07) is 10.7. The number of hydrazone groups is 1. The van der Waals surface area contributed by atoms with Crippen LogP contribution < -0.4 is 10.7 Å². The van der Waals surface area contributed by atoms with Gasteiger partial charge in [0.25, 0.3) is 5.91 Å². The van der Waals surface area contributed by atoms with Crippen molar-refractivity contribution in [3.63, 3.8) is 0 Å². The zero-order valence-electron chi connectivity index (χ0n) is 15.1. The van der Waals surface area contributed by atoms with Gasteiger partial charge in [0.2, 0.25) is 5.91 Å². The number of anilines is 1. The molecule has 2 N–H and O–H groups in total. The number of hydrogen-bond donors (Lipinski definition) is 2. The first-order chi connectivity index (χ1) is 13.0. The Hall–Kier alpha value is -2.18. The van der Waals surface area contributed by atoms with Gasteiger partial charge >= 0.3 is 0 Å². The van der Waals surface area contributed by atoms with E-state index < -0.39 is 0 Å². The molecule has 0 spiro atoms. The van der Waals surface area contributed by atoms with Gasteiger partial charge in [0.15, 0.2) is 0 Å². The van der Waals surface area contributed by atoms with Crippen molar-refractivity contribution in [2.24, 2.45) is 11.0 Å². The topological polar surface area (TPSA) is 70.6 Å². The van der Waals surface area contributed by atoms with Crippen LogP contribution in [0.15, 0.2) is 41.5 Å². The summed E-state index contributed by atoms with van der Waals surface area (Å²) in [4.78, 5) is 24.9. The quantitative estimate of drug-likeness (QED) is 0.540. The lowest BCUT2D eigenvalue weighted by molar-refractivity contribution is -0.125. The van der Waals surface area contributed by atoms with Crippen LogP contribution in [0.25, 0.3) is 0 Å². The molecule has 1 aliphatic rings. The third-order valence-electron chi connectivity index (χ3n) is 4.67. The summed E-state index contributed by atoms with van der Waals surface area (Å²) >= 11 is 7.10. The molecule has 0 radical (unpaired) electrons. The minimum Gasteiger partial charge on any atom is -0.321 e. The minimum absolute atomic E-state index is 0.00698. The van der Waals surface area contributed by atoms with E-state index in [0.29, 0.717) is 14.9 Å². The molecule has 1 saturated carbocycles. The SMILES string of the molecule is CC(=NNC(=O)C1CCCCC1)c1ccc(NC(=O)c2ccc(Cl)s2)cc1. The van der Waals surface area contributed by atoms with Gasteiger partial charge in [-0.2, -0.15) is 5.10 Å². The van der Waals surface area contributed by atoms with Gasteiger partial charge in [-0.3, -0.25) is 9.59 Å². The molecule has 1 fully saturated rings. The first-order valence-electron chi connectivity index (χ1n) is 9.04. The van der Waals surface area contributed by atoms with Gasteiger partial charge in [0.05, 0.1) is 14.9 Å². The fourth-order valence-corrected chi connectivity index (χ4v) is 4.02. The van der Waals surface area contributed by atoms with E-state index in [-0.39, 0.29) is 17.7 Å². The Labute approximate surface area is 167 Å². The third-order valence-corrected chi connectivity index (χ3v) is 5.90. The Morgan fingerprint density at radius 1 is 1.07 bits per heavy atom.